The maximum absolute atomic E-state index is 12.1. The van der Waals surface area contributed by atoms with E-state index in [1.54, 1.807) is 25.3 Å². The van der Waals surface area contributed by atoms with Crippen molar-refractivity contribution in [2.75, 3.05) is 18.2 Å². The second-order valence-corrected chi connectivity index (χ2v) is 6.08. The average Bonchev–Trinajstić information content (AvgIpc) is 3.02. The van der Waals surface area contributed by atoms with Gasteiger partial charge < -0.3 is 20.1 Å². The Labute approximate surface area is 147 Å². The first kappa shape index (κ1) is 16.8. The van der Waals surface area contributed by atoms with Gasteiger partial charge in [0.15, 0.2) is 5.16 Å². The van der Waals surface area contributed by atoms with Gasteiger partial charge in [-0.05, 0) is 24.3 Å². The minimum absolute atomic E-state index is 0.0525. The highest BCUT2D eigenvalue weighted by Crippen LogP contribution is 2.23. The number of anilines is 1. The summed E-state index contributed by atoms with van der Waals surface area (Å²) in [5, 5.41) is 12.3. The summed E-state index contributed by atoms with van der Waals surface area (Å²) in [4.78, 5) is 30.7. The molecule has 0 atom stereocenters. The normalized spacial score (nSPS) is 10.6. The van der Waals surface area contributed by atoms with Crippen LogP contribution in [0.4, 0.5) is 5.69 Å². The Morgan fingerprint density at radius 2 is 2.08 bits per heavy atom. The summed E-state index contributed by atoms with van der Waals surface area (Å²) < 4.78 is 5.16. The minimum Gasteiger partial charge on any atom is -0.497 e. The van der Waals surface area contributed by atoms with Crippen LogP contribution in [-0.2, 0) is 4.79 Å². The van der Waals surface area contributed by atoms with Crippen molar-refractivity contribution < 1.29 is 19.4 Å². The Morgan fingerprint density at radius 3 is 2.84 bits per heavy atom. The molecular formula is C17H15N3O4S. The molecule has 0 fully saturated rings. The predicted octanol–water partition coefficient (Wildman–Crippen LogP) is 3.00. The van der Waals surface area contributed by atoms with Crippen LogP contribution in [0.3, 0.4) is 0 Å². The van der Waals surface area contributed by atoms with Crippen LogP contribution in [-0.4, -0.2) is 39.8 Å². The van der Waals surface area contributed by atoms with Crippen molar-refractivity contribution >= 4 is 40.4 Å². The molecule has 8 heteroatoms. The Morgan fingerprint density at radius 1 is 1.28 bits per heavy atom. The molecule has 0 unspecified atom stereocenters. The first-order valence-corrected chi connectivity index (χ1v) is 8.34. The third-order valence-electron chi connectivity index (χ3n) is 3.44. The number of imidazole rings is 1. The highest BCUT2D eigenvalue weighted by atomic mass is 32.2. The molecule has 0 spiro atoms. The lowest BCUT2D eigenvalue weighted by atomic mass is 10.2. The van der Waals surface area contributed by atoms with Crippen LogP contribution in [0, 0.1) is 0 Å². The van der Waals surface area contributed by atoms with Gasteiger partial charge >= 0.3 is 5.97 Å². The highest BCUT2D eigenvalue weighted by molar-refractivity contribution is 7.99. The fraction of sp³-hybridized carbons (Fsp3) is 0.118. The van der Waals surface area contributed by atoms with E-state index in [-0.39, 0.29) is 22.9 Å². The summed E-state index contributed by atoms with van der Waals surface area (Å²) in [6, 6.07) is 11.7. The zero-order valence-electron chi connectivity index (χ0n) is 13.3. The number of H-pyrrole nitrogens is 1. The number of methoxy groups -OCH3 is 1. The Balaban J connectivity index is 1.65. The first-order chi connectivity index (χ1) is 12.1. The Hall–Kier alpha value is -3.00. The van der Waals surface area contributed by atoms with E-state index in [9.17, 15) is 9.59 Å². The molecule has 0 bridgehead atoms. The Kier molecular flexibility index (Phi) is 4.90. The van der Waals surface area contributed by atoms with Crippen LogP contribution in [0.25, 0.3) is 11.0 Å². The summed E-state index contributed by atoms with van der Waals surface area (Å²) in [5.74, 6) is -0.576. The monoisotopic (exact) mass is 357 g/mol. The molecule has 3 N–H and O–H groups in total. The zero-order valence-corrected chi connectivity index (χ0v) is 14.1. The van der Waals surface area contributed by atoms with E-state index in [1.807, 2.05) is 18.2 Å². The van der Waals surface area contributed by atoms with Crippen molar-refractivity contribution in [2.24, 2.45) is 0 Å². The molecule has 0 aliphatic heterocycles. The smallest absolute Gasteiger partial charge is 0.337 e. The summed E-state index contributed by atoms with van der Waals surface area (Å²) in [7, 11) is 1.59. The van der Waals surface area contributed by atoms with Gasteiger partial charge in [-0.3, -0.25) is 4.79 Å². The van der Waals surface area contributed by atoms with Crippen molar-refractivity contribution in [2.45, 2.75) is 5.16 Å². The van der Waals surface area contributed by atoms with Crippen molar-refractivity contribution in [3.05, 3.63) is 48.0 Å². The minimum atomic E-state index is -1.09. The fourth-order valence-electron chi connectivity index (χ4n) is 2.26. The van der Waals surface area contributed by atoms with Crippen LogP contribution < -0.4 is 10.1 Å². The van der Waals surface area contributed by atoms with Gasteiger partial charge in [-0.1, -0.05) is 23.9 Å². The molecule has 25 heavy (non-hydrogen) atoms. The molecule has 7 nitrogen and oxygen atoms in total. The molecule has 0 radical (unpaired) electrons. The van der Waals surface area contributed by atoms with E-state index in [2.05, 4.69) is 15.3 Å². The van der Waals surface area contributed by atoms with Crippen molar-refractivity contribution in [3.63, 3.8) is 0 Å². The summed E-state index contributed by atoms with van der Waals surface area (Å²) in [6.45, 7) is 0. The van der Waals surface area contributed by atoms with E-state index >= 15 is 0 Å². The maximum atomic E-state index is 12.1. The third-order valence-corrected chi connectivity index (χ3v) is 4.31. The molecule has 1 aromatic heterocycles. The zero-order chi connectivity index (χ0) is 17.8. The van der Waals surface area contributed by atoms with E-state index in [0.29, 0.717) is 5.16 Å². The predicted molar refractivity (Wildman–Crippen MR) is 95.4 cm³/mol. The lowest BCUT2D eigenvalue weighted by molar-refractivity contribution is -0.113. The number of para-hydroxylation sites is 1. The Bertz CT molecular complexity index is 939. The van der Waals surface area contributed by atoms with Gasteiger partial charge in [-0.25, -0.2) is 9.78 Å². The highest BCUT2D eigenvalue weighted by Gasteiger charge is 2.13. The van der Waals surface area contributed by atoms with Crippen molar-refractivity contribution in [1.29, 1.82) is 0 Å². The second kappa shape index (κ2) is 7.27. The van der Waals surface area contributed by atoms with E-state index in [1.165, 1.54) is 17.8 Å². The number of nitrogens with zero attached hydrogens (tertiary/aromatic N) is 1. The van der Waals surface area contributed by atoms with Gasteiger partial charge in [-0.15, -0.1) is 0 Å². The molecular weight excluding hydrogens is 342 g/mol. The first-order valence-electron chi connectivity index (χ1n) is 7.35. The summed E-state index contributed by atoms with van der Waals surface area (Å²) in [6.07, 6.45) is 0. The van der Waals surface area contributed by atoms with Crippen molar-refractivity contribution in [3.8, 4) is 5.75 Å². The number of amides is 1. The SMILES string of the molecule is COc1ccc2nc(SCC(=O)Nc3ccccc3C(=O)O)[nH]c2c1. The topological polar surface area (TPSA) is 104 Å². The number of benzene rings is 2. The number of aromatic nitrogens is 2. The quantitative estimate of drug-likeness (QED) is 0.586. The van der Waals surface area contributed by atoms with Crippen LogP contribution in [0.2, 0.25) is 0 Å². The summed E-state index contributed by atoms with van der Waals surface area (Å²) in [5.41, 5.74) is 1.92. The number of thioether (sulfide) groups is 1. The number of hydrogen-bond acceptors (Lipinski definition) is 5. The number of hydrogen-bond donors (Lipinski definition) is 3. The van der Waals surface area contributed by atoms with Crippen LogP contribution in [0.15, 0.2) is 47.6 Å². The lowest BCUT2D eigenvalue weighted by Gasteiger charge is -2.07. The molecule has 1 heterocycles. The molecule has 2 aromatic carbocycles. The largest absolute Gasteiger partial charge is 0.497 e. The molecule has 0 aliphatic carbocycles. The molecule has 128 valence electrons. The molecule has 3 aromatic rings. The van der Waals surface area contributed by atoms with Gasteiger partial charge in [0.05, 0.1) is 35.1 Å². The van der Waals surface area contributed by atoms with Gasteiger partial charge in [0.25, 0.3) is 0 Å². The maximum Gasteiger partial charge on any atom is 0.337 e. The summed E-state index contributed by atoms with van der Waals surface area (Å²) >= 11 is 1.23. The molecule has 0 aliphatic rings. The molecule has 0 saturated carbocycles. The number of aromatic carboxylic acids is 1. The van der Waals surface area contributed by atoms with Gasteiger partial charge in [0, 0.05) is 6.07 Å². The number of aromatic amines is 1. The number of carbonyl (C=O) groups is 2. The molecule has 3 rings (SSSR count). The van der Waals surface area contributed by atoms with E-state index in [4.69, 9.17) is 9.84 Å². The van der Waals surface area contributed by atoms with Crippen molar-refractivity contribution in [1.82, 2.24) is 9.97 Å². The number of fused-ring (bicyclic) bond motifs is 1. The average molecular weight is 357 g/mol. The number of rotatable bonds is 6. The number of carbonyl (C=O) groups excluding carboxylic acids is 1. The lowest BCUT2D eigenvalue weighted by Crippen LogP contribution is -2.16. The number of carboxylic acids is 1. The fourth-order valence-corrected chi connectivity index (χ4v) is 2.94. The number of ether oxygens (including phenoxy) is 1. The third kappa shape index (κ3) is 3.92. The molecule has 0 saturated heterocycles. The van der Waals surface area contributed by atoms with Gasteiger partial charge in [-0.2, -0.15) is 0 Å². The number of carboxylic acid groups (broad SMARTS) is 1. The molecule has 1 amide bonds. The van der Waals surface area contributed by atoms with Gasteiger partial charge in [0.1, 0.15) is 5.75 Å². The standard InChI is InChI=1S/C17H15N3O4S/c1-24-10-6-7-13-14(8-10)20-17(19-13)25-9-15(21)18-12-5-3-2-4-11(12)16(22)23/h2-8H,9H2,1H3,(H,18,21)(H,19,20)(H,22,23). The van der Waals surface area contributed by atoms with E-state index in [0.717, 1.165) is 16.8 Å². The van der Waals surface area contributed by atoms with Crippen LogP contribution in [0.5, 0.6) is 5.75 Å². The van der Waals surface area contributed by atoms with Crippen LogP contribution in [0.1, 0.15) is 10.4 Å². The number of nitrogens with one attached hydrogen (secondary N) is 2. The van der Waals surface area contributed by atoms with Crippen LogP contribution >= 0.6 is 11.8 Å². The van der Waals surface area contributed by atoms with E-state index < -0.39 is 5.97 Å². The second-order valence-electron chi connectivity index (χ2n) is 5.11. The van der Waals surface area contributed by atoms with Gasteiger partial charge in [0.2, 0.25) is 5.91 Å².